The van der Waals surface area contributed by atoms with Crippen molar-refractivity contribution in [2.45, 2.75) is 52.7 Å². The number of carbonyl (C=O) groups is 4. The fourth-order valence-corrected chi connectivity index (χ4v) is 6.67. The number of esters is 2. The Morgan fingerprint density at radius 2 is 1.00 bits per heavy atom. The van der Waals surface area contributed by atoms with Crippen molar-refractivity contribution < 1.29 is 28.7 Å². The third-order valence-electron chi connectivity index (χ3n) is 5.57. The zero-order valence-corrected chi connectivity index (χ0v) is 25.4. The van der Waals surface area contributed by atoms with Crippen molar-refractivity contribution in [1.82, 2.24) is 0 Å². The average molecular weight is 615 g/mol. The highest BCUT2D eigenvalue weighted by Gasteiger charge is 2.43. The first kappa shape index (κ1) is 29.9. The van der Waals surface area contributed by atoms with E-state index in [9.17, 15) is 19.2 Å². The Labute approximate surface area is 251 Å². The highest BCUT2D eigenvalue weighted by Crippen LogP contribution is 2.44. The van der Waals surface area contributed by atoms with Crippen molar-refractivity contribution in [1.29, 1.82) is 0 Å². The van der Waals surface area contributed by atoms with Crippen molar-refractivity contribution in [2.75, 3.05) is 9.80 Å². The number of nitrogens with zero attached hydrogens (tertiary/aromatic N) is 2. The molecule has 40 heavy (non-hydrogen) atoms. The lowest BCUT2D eigenvalue weighted by Gasteiger charge is -2.16. The maximum absolute atomic E-state index is 13.4. The molecule has 8 nitrogen and oxygen atoms in total. The minimum absolute atomic E-state index is 0.113. The first-order valence-electron chi connectivity index (χ1n) is 12.4. The van der Waals surface area contributed by atoms with Crippen LogP contribution in [0.5, 0.6) is 0 Å². The lowest BCUT2D eigenvalue weighted by atomic mass is 10.1. The predicted molar refractivity (Wildman–Crippen MR) is 165 cm³/mol. The van der Waals surface area contributed by atoms with Gasteiger partial charge >= 0.3 is 11.9 Å². The number of thioether (sulfide) groups is 2. The van der Waals surface area contributed by atoms with Crippen molar-refractivity contribution >= 4 is 91.7 Å². The van der Waals surface area contributed by atoms with Gasteiger partial charge in [0, 0.05) is 0 Å². The fraction of sp³-hybridized carbons (Fsp3) is 0.286. The third kappa shape index (κ3) is 6.80. The molecule has 2 aromatic rings. The van der Waals surface area contributed by atoms with Gasteiger partial charge in [-0.05, 0) is 63.1 Å². The Bertz CT molecular complexity index is 1310. The van der Waals surface area contributed by atoms with Gasteiger partial charge in [0.15, 0.2) is 8.64 Å². The highest BCUT2D eigenvalue weighted by atomic mass is 32.2. The van der Waals surface area contributed by atoms with Crippen LogP contribution in [0.15, 0.2) is 58.3 Å². The van der Waals surface area contributed by atoms with E-state index < -0.39 is 11.8 Å². The summed E-state index contributed by atoms with van der Waals surface area (Å²) >= 11 is 13.1. The number of rotatable bonds is 8. The summed E-state index contributed by atoms with van der Waals surface area (Å²) in [7, 11) is 0. The van der Waals surface area contributed by atoms with E-state index in [1.165, 1.54) is 9.80 Å². The summed E-state index contributed by atoms with van der Waals surface area (Å²) in [5, 5.41) is 0. The predicted octanol–water partition coefficient (Wildman–Crippen LogP) is 5.32. The Hall–Kier alpha value is -3.06. The van der Waals surface area contributed by atoms with Crippen LogP contribution in [0.3, 0.4) is 0 Å². The van der Waals surface area contributed by atoms with Crippen LogP contribution in [0, 0.1) is 0 Å². The molecular formula is C28H26N2O6S4. The molecule has 2 aromatic carbocycles. The SMILES string of the molecule is CC(C)OC(=O)Cc1ccc(N2C(=O)C(=C3SC(=S)N(c4ccc(CC(=O)OC(C)C)cc4)C3=O)SC2=S)cc1. The number of carbonyl (C=O) groups excluding carboxylic acids is 4. The van der Waals surface area contributed by atoms with Gasteiger partial charge in [-0.15, -0.1) is 0 Å². The molecule has 2 heterocycles. The number of hydrogen-bond donors (Lipinski definition) is 0. The molecule has 2 amide bonds. The number of thiocarbonyl (C=S) groups is 2. The smallest absolute Gasteiger partial charge is 0.310 e. The zero-order valence-electron chi connectivity index (χ0n) is 22.2. The summed E-state index contributed by atoms with van der Waals surface area (Å²) < 4.78 is 10.9. The van der Waals surface area contributed by atoms with Crippen molar-refractivity contribution in [2.24, 2.45) is 0 Å². The van der Waals surface area contributed by atoms with Crippen molar-refractivity contribution in [3.05, 3.63) is 69.5 Å². The van der Waals surface area contributed by atoms with E-state index >= 15 is 0 Å². The Morgan fingerprint density at radius 3 is 1.30 bits per heavy atom. The molecule has 2 aliphatic heterocycles. The molecule has 0 atom stereocenters. The Balaban J connectivity index is 1.49. The second kappa shape index (κ2) is 12.6. The van der Waals surface area contributed by atoms with Crippen LogP contribution >= 0.6 is 48.0 Å². The highest BCUT2D eigenvalue weighted by molar-refractivity contribution is 8.30. The summed E-state index contributed by atoms with van der Waals surface area (Å²) in [6, 6.07) is 13.8. The van der Waals surface area contributed by atoms with Crippen LogP contribution < -0.4 is 9.80 Å². The first-order valence-corrected chi connectivity index (χ1v) is 14.8. The van der Waals surface area contributed by atoms with Crippen LogP contribution in [-0.4, -0.2) is 44.6 Å². The van der Waals surface area contributed by atoms with E-state index in [1.807, 2.05) is 0 Å². The van der Waals surface area contributed by atoms with Gasteiger partial charge in [0.1, 0.15) is 0 Å². The second-order valence-corrected chi connectivity index (χ2v) is 12.7. The van der Waals surface area contributed by atoms with E-state index in [0.29, 0.717) is 11.4 Å². The standard InChI is InChI=1S/C28H26N2O6S4/c1-15(2)35-21(31)13-17-5-9-19(10-6-17)29-25(33)23(39-27(29)37)24-26(34)30(28(38)40-24)20-11-7-18(8-12-20)14-22(32)36-16(3)4/h5-12,15-16H,13-14H2,1-4H3. The van der Waals surface area contributed by atoms with Crippen molar-refractivity contribution in [3.63, 3.8) is 0 Å². The second-order valence-electron chi connectivity index (χ2n) is 9.44. The zero-order chi connectivity index (χ0) is 29.1. The summed E-state index contributed by atoms with van der Waals surface area (Å²) in [6.07, 6.45) is -0.172. The molecule has 12 heteroatoms. The number of ether oxygens (including phenoxy) is 2. The molecule has 0 unspecified atom stereocenters. The molecule has 0 aliphatic carbocycles. The molecule has 0 saturated carbocycles. The van der Waals surface area contributed by atoms with Crippen LogP contribution in [0.4, 0.5) is 11.4 Å². The third-order valence-corrected chi connectivity index (χ3v) is 8.44. The molecule has 4 rings (SSSR count). The molecule has 2 saturated heterocycles. The lowest BCUT2D eigenvalue weighted by Crippen LogP contribution is -2.29. The first-order chi connectivity index (χ1) is 18.9. The van der Waals surface area contributed by atoms with E-state index in [4.69, 9.17) is 33.9 Å². The maximum Gasteiger partial charge on any atom is 0.310 e. The van der Waals surface area contributed by atoms with Gasteiger partial charge in [0.05, 0.1) is 46.2 Å². The van der Waals surface area contributed by atoms with E-state index in [1.54, 1.807) is 76.2 Å². The number of amides is 2. The number of anilines is 2. The molecule has 0 spiro atoms. The van der Waals surface area contributed by atoms with Gasteiger partial charge in [0.25, 0.3) is 11.8 Å². The normalized spacial score (nSPS) is 17.4. The lowest BCUT2D eigenvalue weighted by molar-refractivity contribution is -0.147. The van der Waals surface area contributed by atoms with E-state index in [2.05, 4.69) is 0 Å². The minimum Gasteiger partial charge on any atom is -0.463 e. The Morgan fingerprint density at radius 1 is 0.675 bits per heavy atom. The monoisotopic (exact) mass is 614 g/mol. The van der Waals surface area contributed by atoms with Gasteiger partial charge < -0.3 is 9.47 Å². The van der Waals surface area contributed by atoms with Crippen molar-refractivity contribution in [3.8, 4) is 0 Å². The van der Waals surface area contributed by atoms with Gasteiger partial charge in [-0.1, -0.05) is 72.2 Å². The number of hydrogen-bond acceptors (Lipinski definition) is 10. The largest absolute Gasteiger partial charge is 0.463 e. The maximum atomic E-state index is 13.4. The van der Waals surface area contributed by atoms with E-state index in [0.717, 1.165) is 34.7 Å². The molecule has 0 radical (unpaired) electrons. The van der Waals surface area contributed by atoms with Crippen LogP contribution in [-0.2, 0) is 41.5 Å². The van der Waals surface area contributed by atoms with Gasteiger partial charge in [-0.2, -0.15) is 0 Å². The molecule has 0 N–H and O–H groups in total. The van der Waals surface area contributed by atoms with E-state index in [-0.39, 0.29) is 55.4 Å². The van der Waals surface area contributed by atoms with Crippen LogP contribution in [0.25, 0.3) is 0 Å². The quantitative estimate of drug-likeness (QED) is 0.221. The summed E-state index contributed by atoms with van der Waals surface area (Å²) in [5.41, 5.74) is 2.54. The topological polar surface area (TPSA) is 93.2 Å². The molecule has 208 valence electrons. The summed E-state index contributed by atoms with van der Waals surface area (Å²) in [6.45, 7) is 7.14. The Kier molecular flexibility index (Phi) is 9.44. The van der Waals surface area contributed by atoms with Crippen LogP contribution in [0.2, 0.25) is 0 Å². The molecule has 0 bridgehead atoms. The molecule has 2 fully saturated rings. The number of benzene rings is 2. The van der Waals surface area contributed by atoms with Gasteiger partial charge in [-0.25, -0.2) is 0 Å². The van der Waals surface area contributed by atoms with Gasteiger partial charge in [-0.3, -0.25) is 29.0 Å². The molecule has 2 aliphatic rings. The summed E-state index contributed by atoms with van der Waals surface area (Å²) in [4.78, 5) is 53.9. The average Bonchev–Trinajstić information content (AvgIpc) is 3.32. The fourth-order valence-electron chi connectivity index (χ4n) is 3.92. The summed E-state index contributed by atoms with van der Waals surface area (Å²) in [5.74, 6) is -1.50. The molecular weight excluding hydrogens is 589 g/mol. The van der Waals surface area contributed by atoms with Crippen LogP contribution in [0.1, 0.15) is 38.8 Å². The van der Waals surface area contributed by atoms with Gasteiger partial charge in [0.2, 0.25) is 0 Å². The molecule has 0 aromatic heterocycles. The minimum atomic E-state index is -0.415.